The first-order chi connectivity index (χ1) is 13.4. The van der Waals surface area contributed by atoms with Gasteiger partial charge in [-0.05, 0) is 38.8 Å². The van der Waals surface area contributed by atoms with Gasteiger partial charge in [0.2, 0.25) is 0 Å². The highest BCUT2D eigenvalue weighted by Gasteiger charge is 2.31. The molecule has 0 aromatic heterocycles. The first kappa shape index (κ1) is 22.3. The van der Waals surface area contributed by atoms with Gasteiger partial charge in [0, 0.05) is 31.7 Å². The lowest BCUT2D eigenvalue weighted by Crippen LogP contribution is -2.40. The maximum atomic E-state index is 12.5. The third kappa shape index (κ3) is 8.35. The van der Waals surface area contributed by atoms with E-state index in [1.165, 1.54) is 12.1 Å². The number of aliphatic hydroxyl groups is 1. The van der Waals surface area contributed by atoms with Crippen LogP contribution >= 0.6 is 0 Å². The second-order valence-corrected chi connectivity index (χ2v) is 6.70. The Kier molecular flexibility index (Phi) is 8.85. The molecular weight excluding hydrogens is 373 g/mol. The molecular formula is C19H29F3N4O2. The molecule has 1 saturated heterocycles. The van der Waals surface area contributed by atoms with E-state index in [0.29, 0.717) is 24.6 Å². The fraction of sp³-hybridized carbons (Fsp3) is 0.632. The van der Waals surface area contributed by atoms with Gasteiger partial charge in [-0.3, -0.25) is 0 Å². The first-order valence-electron chi connectivity index (χ1n) is 9.63. The van der Waals surface area contributed by atoms with Crippen LogP contribution < -0.4 is 15.4 Å². The van der Waals surface area contributed by atoms with Crippen molar-refractivity contribution >= 4 is 5.96 Å². The van der Waals surface area contributed by atoms with Crippen molar-refractivity contribution in [1.82, 2.24) is 15.5 Å². The Bertz CT molecular complexity index is 617. The number of halogens is 3. The zero-order valence-corrected chi connectivity index (χ0v) is 16.1. The number of nitrogens with zero attached hydrogens (tertiary/aromatic N) is 2. The molecule has 1 aliphatic rings. The molecule has 0 saturated carbocycles. The highest BCUT2D eigenvalue weighted by molar-refractivity contribution is 5.79. The van der Waals surface area contributed by atoms with E-state index in [1.54, 1.807) is 12.1 Å². The molecule has 2 rings (SSSR count). The summed E-state index contributed by atoms with van der Waals surface area (Å²) in [6.07, 6.45) is -2.36. The van der Waals surface area contributed by atoms with Crippen LogP contribution in [0.5, 0.6) is 5.75 Å². The number of ether oxygens (including phenoxy) is 1. The van der Waals surface area contributed by atoms with Crippen LogP contribution in [0.15, 0.2) is 29.3 Å². The van der Waals surface area contributed by atoms with E-state index in [0.717, 1.165) is 38.9 Å². The van der Waals surface area contributed by atoms with E-state index in [9.17, 15) is 18.3 Å². The number of hydrogen-bond acceptors (Lipinski definition) is 4. The molecule has 9 heteroatoms. The molecule has 1 fully saturated rings. The molecule has 0 amide bonds. The number of guanidine groups is 1. The topological polar surface area (TPSA) is 69.1 Å². The molecule has 0 atom stereocenters. The maximum Gasteiger partial charge on any atom is 0.573 e. The quantitative estimate of drug-likeness (QED) is 0.354. The Morgan fingerprint density at radius 3 is 2.64 bits per heavy atom. The summed E-state index contributed by atoms with van der Waals surface area (Å²) in [5.41, 5.74) is 0.365. The summed E-state index contributed by atoms with van der Waals surface area (Å²) in [5, 5.41) is 15.8. The van der Waals surface area contributed by atoms with Crippen LogP contribution in [0, 0.1) is 0 Å². The van der Waals surface area contributed by atoms with Crippen molar-refractivity contribution in [3.05, 3.63) is 29.8 Å². The molecule has 1 aromatic rings. The molecule has 1 aromatic carbocycles. The van der Waals surface area contributed by atoms with E-state index in [2.05, 4.69) is 25.3 Å². The smallest absolute Gasteiger partial charge is 0.405 e. The molecule has 6 nitrogen and oxygen atoms in total. The fourth-order valence-corrected chi connectivity index (χ4v) is 3.02. The summed E-state index contributed by atoms with van der Waals surface area (Å²) in [6.45, 7) is 6.10. The van der Waals surface area contributed by atoms with Gasteiger partial charge in [-0.15, -0.1) is 13.2 Å². The number of piperidine rings is 1. The van der Waals surface area contributed by atoms with Crippen LogP contribution in [0.3, 0.4) is 0 Å². The minimum absolute atomic E-state index is 0.0750. The van der Waals surface area contributed by atoms with Gasteiger partial charge >= 0.3 is 6.36 Å². The molecule has 28 heavy (non-hydrogen) atoms. The predicted octanol–water partition coefficient (Wildman–Crippen LogP) is 2.49. The SMILES string of the molecule is CCNC(=NCc1ccccc1OC(F)(F)F)NCCCN1CCC(O)CC1. The van der Waals surface area contributed by atoms with E-state index in [-0.39, 0.29) is 18.4 Å². The van der Waals surface area contributed by atoms with Crippen molar-refractivity contribution in [3.63, 3.8) is 0 Å². The number of nitrogens with one attached hydrogen (secondary N) is 2. The summed E-state index contributed by atoms with van der Waals surface area (Å²) in [5.74, 6) is 0.320. The van der Waals surface area contributed by atoms with Gasteiger partial charge in [0.05, 0.1) is 12.6 Å². The third-order valence-corrected chi connectivity index (χ3v) is 4.45. The highest BCUT2D eigenvalue weighted by Crippen LogP contribution is 2.26. The molecule has 1 heterocycles. The summed E-state index contributed by atoms with van der Waals surface area (Å²) >= 11 is 0. The minimum Gasteiger partial charge on any atom is -0.405 e. The molecule has 0 bridgehead atoms. The number of aliphatic hydroxyl groups excluding tert-OH is 1. The van der Waals surface area contributed by atoms with Crippen LogP contribution in [0.25, 0.3) is 0 Å². The summed E-state index contributed by atoms with van der Waals surface area (Å²) in [6, 6.07) is 6.01. The van der Waals surface area contributed by atoms with Gasteiger partial charge in [-0.1, -0.05) is 18.2 Å². The predicted molar refractivity (Wildman–Crippen MR) is 102 cm³/mol. The van der Waals surface area contributed by atoms with Gasteiger partial charge < -0.3 is 25.4 Å². The standard InChI is InChI=1S/C19H29F3N4O2/c1-2-23-18(24-10-5-11-26-12-8-16(27)9-13-26)25-14-15-6-3-4-7-17(15)28-19(20,21)22/h3-4,6-7,16,27H,2,5,8-14H2,1H3,(H2,23,24,25). The van der Waals surface area contributed by atoms with E-state index < -0.39 is 6.36 Å². The summed E-state index contributed by atoms with van der Waals surface area (Å²) in [4.78, 5) is 6.69. The number of rotatable bonds is 8. The van der Waals surface area contributed by atoms with Crippen molar-refractivity contribution in [2.24, 2.45) is 4.99 Å². The Morgan fingerprint density at radius 2 is 1.96 bits per heavy atom. The molecule has 0 spiro atoms. The minimum atomic E-state index is -4.73. The largest absolute Gasteiger partial charge is 0.573 e. The fourth-order valence-electron chi connectivity index (χ4n) is 3.02. The molecule has 1 aliphatic heterocycles. The summed E-state index contributed by atoms with van der Waals surface area (Å²) in [7, 11) is 0. The highest BCUT2D eigenvalue weighted by atomic mass is 19.4. The van der Waals surface area contributed by atoms with E-state index >= 15 is 0 Å². The number of aliphatic imine (C=N–C) groups is 1. The van der Waals surface area contributed by atoms with Crippen molar-refractivity contribution in [2.75, 3.05) is 32.7 Å². The molecule has 0 unspecified atom stereocenters. The Balaban J connectivity index is 1.83. The van der Waals surface area contributed by atoms with E-state index in [1.807, 2.05) is 6.92 Å². The molecule has 158 valence electrons. The molecule has 0 radical (unpaired) electrons. The normalized spacial score (nSPS) is 16.8. The average Bonchev–Trinajstić information content (AvgIpc) is 2.64. The zero-order valence-electron chi connectivity index (χ0n) is 16.1. The van der Waals surface area contributed by atoms with Gasteiger partial charge in [0.1, 0.15) is 5.75 Å². The van der Waals surface area contributed by atoms with Crippen molar-refractivity contribution in [3.8, 4) is 5.75 Å². The first-order valence-corrected chi connectivity index (χ1v) is 9.63. The Morgan fingerprint density at radius 1 is 1.25 bits per heavy atom. The lowest BCUT2D eigenvalue weighted by molar-refractivity contribution is -0.274. The van der Waals surface area contributed by atoms with Crippen LogP contribution in [-0.2, 0) is 6.54 Å². The number of hydrogen-bond donors (Lipinski definition) is 3. The van der Waals surface area contributed by atoms with Gasteiger partial charge in [-0.2, -0.15) is 0 Å². The lowest BCUT2D eigenvalue weighted by atomic mass is 10.1. The number of likely N-dealkylation sites (tertiary alicyclic amines) is 1. The number of alkyl halides is 3. The maximum absolute atomic E-state index is 12.5. The number of benzene rings is 1. The second kappa shape index (κ2) is 11.1. The van der Waals surface area contributed by atoms with Crippen molar-refractivity contribution in [2.45, 2.75) is 45.2 Å². The monoisotopic (exact) mass is 402 g/mol. The van der Waals surface area contributed by atoms with Crippen LogP contribution in [0.4, 0.5) is 13.2 Å². The average molecular weight is 402 g/mol. The van der Waals surface area contributed by atoms with Gasteiger partial charge in [0.25, 0.3) is 0 Å². The zero-order chi connectivity index (χ0) is 20.4. The van der Waals surface area contributed by atoms with Gasteiger partial charge in [0.15, 0.2) is 5.96 Å². The van der Waals surface area contributed by atoms with Crippen molar-refractivity contribution in [1.29, 1.82) is 0 Å². The van der Waals surface area contributed by atoms with Crippen LogP contribution in [-0.4, -0.2) is 61.2 Å². The van der Waals surface area contributed by atoms with Crippen molar-refractivity contribution < 1.29 is 23.0 Å². The van der Waals surface area contributed by atoms with Crippen LogP contribution in [0.2, 0.25) is 0 Å². The number of para-hydroxylation sites is 1. The Hall–Kier alpha value is -2.00. The molecule has 0 aliphatic carbocycles. The van der Waals surface area contributed by atoms with Crippen LogP contribution in [0.1, 0.15) is 31.7 Å². The Labute approximate surface area is 163 Å². The van der Waals surface area contributed by atoms with E-state index in [4.69, 9.17) is 0 Å². The third-order valence-electron chi connectivity index (χ3n) is 4.45. The molecule has 3 N–H and O–H groups in total. The second-order valence-electron chi connectivity index (χ2n) is 6.70. The van der Waals surface area contributed by atoms with Gasteiger partial charge in [-0.25, -0.2) is 4.99 Å². The lowest BCUT2D eigenvalue weighted by Gasteiger charge is -2.29. The summed E-state index contributed by atoms with van der Waals surface area (Å²) < 4.78 is 41.6.